The molecule has 0 aromatic heterocycles. The summed E-state index contributed by atoms with van der Waals surface area (Å²) in [5.41, 5.74) is -0.179. The fourth-order valence-electron chi connectivity index (χ4n) is 1.73. The number of halogens is 1. The average molecular weight is 312 g/mol. The van der Waals surface area contributed by atoms with Gasteiger partial charge in [-0.3, -0.25) is 4.79 Å². The van der Waals surface area contributed by atoms with Crippen LogP contribution in [0.2, 0.25) is 0 Å². The minimum Gasteiger partial charge on any atom is -0.490 e. The Morgan fingerprint density at radius 3 is 2.50 bits per heavy atom. The van der Waals surface area contributed by atoms with Crippen LogP contribution in [0.5, 0.6) is 5.75 Å². The second kappa shape index (κ2) is 4.92. The minimum atomic E-state index is -0.179. The lowest BCUT2D eigenvalue weighted by Gasteiger charge is -2.20. The highest BCUT2D eigenvalue weighted by Crippen LogP contribution is 2.35. The zero-order chi connectivity index (χ0) is 13.3. The Kier molecular flexibility index (Phi) is 3.66. The normalized spacial score (nSPS) is 22.4. The molecule has 0 bridgehead atoms. The van der Waals surface area contributed by atoms with Crippen LogP contribution in [0.25, 0.3) is 0 Å². The first kappa shape index (κ1) is 13.4. The van der Waals surface area contributed by atoms with Crippen LogP contribution in [-0.4, -0.2) is 17.6 Å². The maximum absolute atomic E-state index is 11.9. The Bertz CT molecular complexity index is 436. The Balaban J connectivity index is 1.85. The van der Waals surface area contributed by atoms with Gasteiger partial charge in [0.2, 0.25) is 5.91 Å². The maximum atomic E-state index is 11.9. The molecule has 1 aliphatic carbocycles. The highest BCUT2D eigenvalue weighted by Gasteiger charge is 2.46. The van der Waals surface area contributed by atoms with E-state index >= 15 is 0 Å². The highest BCUT2D eigenvalue weighted by atomic mass is 79.9. The van der Waals surface area contributed by atoms with Gasteiger partial charge in [0.1, 0.15) is 11.9 Å². The first-order valence-corrected chi connectivity index (χ1v) is 6.89. The molecule has 0 unspecified atom stereocenters. The van der Waals surface area contributed by atoms with Crippen LogP contribution >= 0.6 is 15.9 Å². The van der Waals surface area contributed by atoms with Crippen molar-refractivity contribution in [3.63, 3.8) is 0 Å². The molecule has 1 aromatic rings. The van der Waals surface area contributed by atoms with Crippen LogP contribution < -0.4 is 10.1 Å². The monoisotopic (exact) mass is 311 g/mol. The molecule has 0 saturated heterocycles. The van der Waals surface area contributed by atoms with Crippen LogP contribution in [0.4, 0.5) is 0 Å². The molecular weight excluding hydrogens is 294 g/mol. The Morgan fingerprint density at radius 2 is 1.94 bits per heavy atom. The molecule has 2 rings (SSSR count). The van der Waals surface area contributed by atoms with Crippen LogP contribution in [0.15, 0.2) is 28.7 Å². The molecule has 1 amide bonds. The van der Waals surface area contributed by atoms with Crippen LogP contribution in [-0.2, 0) is 4.79 Å². The lowest BCUT2D eigenvalue weighted by molar-refractivity contribution is -0.124. The molecule has 1 aromatic carbocycles. The smallest absolute Gasteiger partial charge is 0.227 e. The fourth-order valence-corrected chi connectivity index (χ4v) is 1.99. The number of carbonyl (C=O) groups is 1. The first-order valence-electron chi connectivity index (χ1n) is 6.09. The number of carbonyl (C=O) groups excluding carboxylic acids is 1. The van der Waals surface area contributed by atoms with E-state index in [2.05, 4.69) is 21.2 Å². The number of ether oxygens (including phenoxy) is 1. The second-order valence-corrected chi connectivity index (χ2v) is 6.61. The van der Waals surface area contributed by atoms with Gasteiger partial charge in [0.15, 0.2) is 0 Å². The van der Waals surface area contributed by atoms with E-state index in [0.29, 0.717) is 0 Å². The molecule has 1 N–H and O–H groups in total. The molecule has 4 heteroatoms. The van der Waals surface area contributed by atoms with Crippen molar-refractivity contribution in [2.45, 2.75) is 38.8 Å². The Morgan fingerprint density at radius 1 is 1.33 bits per heavy atom. The van der Waals surface area contributed by atoms with E-state index in [1.165, 1.54) is 0 Å². The van der Waals surface area contributed by atoms with Crippen molar-refractivity contribution < 1.29 is 9.53 Å². The molecule has 0 heterocycles. The number of rotatable bonds is 3. The third-order valence-corrected chi connectivity index (χ3v) is 3.20. The summed E-state index contributed by atoms with van der Waals surface area (Å²) < 4.78 is 6.77. The fraction of sp³-hybridized carbons (Fsp3) is 0.500. The summed E-state index contributed by atoms with van der Waals surface area (Å²) in [7, 11) is 0. The van der Waals surface area contributed by atoms with Gasteiger partial charge in [-0.2, -0.15) is 0 Å². The summed E-state index contributed by atoms with van der Waals surface area (Å²) in [5, 5.41) is 2.98. The Labute approximate surface area is 116 Å². The van der Waals surface area contributed by atoms with Gasteiger partial charge >= 0.3 is 0 Å². The van der Waals surface area contributed by atoms with Gasteiger partial charge in [-0.15, -0.1) is 0 Å². The molecule has 0 aliphatic heterocycles. The summed E-state index contributed by atoms with van der Waals surface area (Å²) in [5.74, 6) is 0.895. The average Bonchev–Trinajstić information content (AvgIpc) is 2.98. The van der Waals surface area contributed by atoms with Gasteiger partial charge in [0, 0.05) is 16.4 Å². The van der Waals surface area contributed by atoms with E-state index in [-0.39, 0.29) is 23.5 Å². The van der Waals surface area contributed by atoms with Crippen LogP contribution in [0, 0.1) is 5.92 Å². The quantitative estimate of drug-likeness (QED) is 0.931. The minimum absolute atomic E-state index is 0.00660. The lowest BCUT2D eigenvalue weighted by atomic mass is 10.1. The molecule has 1 aliphatic rings. The van der Waals surface area contributed by atoms with Gasteiger partial charge in [0.05, 0.1) is 5.92 Å². The van der Waals surface area contributed by atoms with E-state index in [9.17, 15) is 4.79 Å². The summed E-state index contributed by atoms with van der Waals surface area (Å²) in [6.07, 6.45) is 0.825. The highest BCUT2D eigenvalue weighted by molar-refractivity contribution is 9.10. The van der Waals surface area contributed by atoms with Crippen LogP contribution in [0.3, 0.4) is 0 Å². The van der Waals surface area contributed by atoms with Crippen LogP contribution in [0.1, 0.15) is 27.2 Å². The third-order valence-electron chi connectivity index (χ3n) is 2.67. The number of amides is 1. The molecular formula is C14H18BrNO2. The van der Waals surface area contributed by atoms with Gasteiger partial charge in [-0.1, -0.05) is 15.9 Å². The SMILES string of the molecule is CC(C)(C)NC(=O)[C@H]1C[C@@H]1Oc1ccc(Br)cc1. The number of hydrogen-bond donors (Lipinski definition) is 1. The summed E-state index contributed by atoms with van der Waals surface area (Å²) in [6, 6.07) is 7.67. The van der Waals surface area contributed by atoms with E-state index in [0.717, 1.165) is 16.6 Å². The zero-order valence-electron chi connectivity index (χ0n) is 10.9. The predicted molar refractivity (Wildman–Crippen MR) is 74.6 cm³/mol. The molecule has 0 radical (unpaired) electrons. The Hall–Kier alpha value is -1.03. The van der Waals surface area contributed by atoms with E-state index in [1.54, 1.807) is 0 Å². The lowest BCUT2D eigenvalue weighted by Crippen LogP contribution is -2.42. The van der Waals surface area contributed by atoms with E-state index in [1.807, 2.05) is 45.0 Å². The van der Waals surface area contributed by atoms with Gasteiger partial charge < -0.3 is 10.1 Å². The molecule has 18 heavy (non-hydrogen) atoms. The topological polar surface area (TPSA) is 38.3 Å². The van der Waals surface area contributed by atoms with Crippen molar-refractivity contribution >= 4 is 21.8 Å². The predicted octanol–water partition coefficient (Wildman–Crippen LogP) is 3.13. The summed E-state index contributed by atoms with van der Waals surface area (Å²) >= 11 is 3.38. The molecule has 1 saturated carbocycles. The van der Waals surface area contributed by atoms with Crippen molar-refractivity contribution in [2.75, 3.05) is 0 Å². The third kappa shape index (κ3) is 3.73. The van der Waals surface area contributed by atoms with E-state index in [4.69, 9.17) is 4.74 Å². The summed E-state index contributed by atoms with van der Waals surface area (Å²) in [6.45, 7) is 5.95. The standard InChI is InChI=1S/C14H18BrNO2/c1-14(2,3)16-13(17)11-8-12(11)18-10-6-4-9(15)5-7-10/h4-7,11-12H,8H2,1-3H3,(H,16,17)/t11-,12-/m0/s1. The van der Waals surface area contributed by atoms with Crippen molar-refractivity contribution in [2.24, 2.45) is 5.92 Å². The molecule has 2 atom stereocenters. The molecule has 3 nitrogen and oxygen atoms in total. The second-order valence-electron chi connectivity index (χ2n) is 5.69. The number of benzene rings is 1. The van der Waals surface area contributed by atoms with Crippen molar-refractivity contribution in [3.05, 3.63) is 28.7 Å². The summed E-state index contributed by atoms with van der Waals surface area (Å²) in [4.78, 5) is 11.9. The largest absolute Gasteiger partial charge is 0.490 e. The van der Waals surface area contributed by atoms with Crippen molar-refractivity contribution in [1.82, 2.24) is 5.32 Å². The first-order chi connectivity index (χ1) is 8.35. The van der Waals surface area contributed by atoms with Crippen molar-refractivity contribution in [3.8, 4) is 5.75 Å². The van der Waals surface area contributed by atoms with Gasteiger partial charge in [0.25, 0.3) is 0 Å². The zero-order valence-corrected chi connectivity index (χ0v) is 12.5. The number of nitrogens with one attached hydrogen (secondary N) is 1. The molecule has 98 valence electrons. The molecule has 1 fully saturated rings. The van der Waals surface area contributed by atoms with Crippen molar-refractivity contribution in [1.29, 1.82) is 0 Å². The number of hydrogen-bond acceptors (Lipinski definition) is 2. The molecule has 0 spiro atoms. The van der Waals surface area contributed by atoms with Gasteiger partial charge in [-0.25, -0.2) is 0 Å². The maximum Gasteiger partial charge on any atom is 0.227 e. The van der Waals surface area contributed by atoms with Gasteiger partial charge in [-0.05, 0) is 45.0 Å². The van der Waals surface area contributed by atoms with E-state index < -0.39 is 0 Å².